The number of nitrogens with one attached hydrogen (secondary N) is 1. The second kappa shape index (κ2) is 15.0. The van der Waals surface area contributed by atoms with Crippen LogP contribution in [0.4, 0.5) is 5.82 Å². The maximum Gasteiger partial charge on any atom is 0.200 e. The van der Waals surface area contributed by atoms with Gasteiger partial charge >= 0.3 is 0 Å². The lowest BCUT2D eigenvalue weighted by Crippen LogP contribution is -2.50. The third kappa shape index (κ3) is 8.49. The van der Waals surface area contributed by atoms with Gasteiger partial charge in [-0.05, 0) is 104 Å². The Balaban J connectivity index is 1.27. The Bertz CT molecular complexity index is 1420. The number of nitrogen functional groups attached to an aromatic ring is 1. The molecule has 0 spiro atoms. The standard InChI is InChI=1S/C34H45N3O8/c1-20-3-6-23(11-22-9-10-36-33(35)13-22)27(37-20)18-43-32-15-24(14-31(42-2)34(32)41)29-17-25(39)16-26(45-29)7-4-21-5-8-28(40)30(12-21)44-19-38/h5,8-10,12-15,20,23,25-27,29,37-41H,3-4,6-7,11,16-19H2,1-2H3,(H2,35,36). The molecule has 11 heteroatoms. The first-order valence-corrected chi connectivity index (χ1v) is 15.6. The van der Waals surface area contributed by atoms with Crippen LogP contribution in [0.1, 0.15) is 61.8 Å². The van der Waals surface area contributed by atoms with E-state index in [4.69, 9.17) is 29.8 Å². The summed E-state index contributed by atoms with van der Waals surface area (Å²) < 4.78 is 23.3. The number of aliphatic hydroxyl groups excluding tert-OH is 2. The molecule has 0 radical (unpaired) electrons. The predicted octanol–water partition coefficient (Wildman–Crippen LogP) is 4.00. The highest BCUT2D eigenvalue weighted by Gasteiger charge is 2.32. The van der Waals surface area contributed by atoms with Gasteiger partial charge in [-0.3, -0.25) is 0 Å². The van der Waals surface area contributed by atoms with E-state index < -0.39 is 19.0 Å². The van der Waals surface area contributed by atoms with E-state index in [1.165, 1.54) is 13.2 Å². The van der Waals surface area contributed by atoms with E-state index >= 15 is 0 Å². The van der Waals surface area contributed by atoms with Crippen LogP contribution in [0.2, 0.25) is 0 Å². The summed E-state index contributed by atoms with van der Waals surface area (Å²) in [6.45, 7) is 1.98. The maximum absolute atomic E-state index is 11.0. The highest BCUT2D eigenvalue weighted by molar-refractivity contribution is 5.53. The predicted molar refractivity (Wildman–Crippen MR) is 169 cm³/mol. The van der Waals surface area contributed by atoms with Crippen molar-refractivity contribution in [2.75, 3.05) is 26.2 Å². The minimum atomic E-state index is -0.568. The van der Waals surface area contributed by atoms with Crippen LogP contribution in [-0.4, -0.2) is 70.2 Å². The summed E-state index contributed by atoms with van der Waals surface area (Å²) in [6, 6.07) is 12.8. The summed E-state index contributed by atoms with van der Waals surface area (Å²) in [5.74, 6) is 1.49. The van der Waals surface area contributed by atoms with Crippen LogP contribution >= 0.6 is 0 Å². The van der Waals surface area contributed by atoms with Crippen LogP contribution in [0.3, 0.4) is 0 Å². The SMILES string of the molecule is COc1cc(C2CC(O)CC(CCc3ccc(O)c(OCO)c3)O2)cc(OCC2NC(C)CCC2Cc2ccnc(N)c2)c1O. The van der Waals surface area contributed by atoms with Crippen molar-refractivity contribution in [1.29, 1.82) is 0 Å². The molecule has 1 aromatic heterocycles. The van der Waals surface area contributed by atoms with Crippen LogP contribution in [0, 0.1) is 5.92 Å². The summed E-state index contributed by atoms with van der Waals surface area (Å²) in [7, 11) is 1.50. The fourth-order valence-electron chi connectivity index (χ4n) is 6.45. The first kappa shape index (κ1) is 32.6. The number of benzene rings is 2. The molecule has 2 aromatic carbocycles. The summed E-state index contributed by atoms with van der Waals surface area (Å²) in [6.07, 6.45) is 5.59. The highest BCUT2D eigenvalue weighted by Crippen LogP contribution is 2.43. The van der Waals surface area contributed by atoms with Gasteiger partial charge in [0.1, 0.15) is 12.4 Å². The quantitative estimate of drug-likeness (QED) is 0.161. The molecule has 11 nitrogen and oxygen atoms in total. The summed E-state index contributed by atoms with van der Waals surface area (Å²) in [4.78, 5) is 4.11. The Morgan fingerprint density at radius 2 is 1.82 bits per heavy atom. The molecule has 0 bridgehead atoms. The molecule has 0 aliphatic carbocycles. The van der Waals surface area contributed by atoms with E-state index in [0.717, 1.165) is 36.0 Å². The number of phenols is 2. The normalized spacial score (nSPS) is 25.1. The molecule has 0 saturated carbocycles. The molecule has 3 heterocycles. The third-order valence-electron chi connectivity index (χ3n) is 8.83. The number of aromatic nitrogens is 1. The Morgan fingerprint density at radius 1 is 1.00 bits per heavy atom. The lowest BCUT2D eigenvalue weighted by molar-refractivity contribution is -0.0999. The average molecular weight is 624 g/mol. The number of anilines is 1. The zero-order chi connectivity index (χ0) is 31.9. The van der Waals surface area contributed by atoms with Crippen molar-refractivity contribution >= 4 is 5.82 Å². The van der Waals surface area contributed by atoms with Gasteiger partial charge in [0.25, 0.3) is 0 Å². The Hall–Kier alpha value is -3.77. The van der Waals surface area contributed by atoms with Crippen LogP contribution in [-0.2, 0) is 17.6 Å². The van der Waals surface area contributed by atoms with Crippen molar-refractivity contribution in [3.8, 4) is 28.7 Å². The van der Waals surface area contributed by atoms with Crippen molar-refractivity contribution < 1.29 is 39.4 Å². The number of aromatic hydroxyl groups is 2. The number of nitrogens with two attached hydrogens (primary N) is 1. The summed E-state index contributed by atoms with van der Waals surface area (Å²) in [5, 5.41) is 44.4. The molecule has 5 rings (SSSR count). The van der Waals surface area contributed by atoms with Gasteiger partial charge in [-0.1, -0.05) is 6.07 Å². The molecule has 2 saturated heterocycles. The van der Waals surface area contributed by atoms with Crippen LogP contribution in [0.25, 0.3) is 0 Å². The largest absolute Gasteiger partial charge is 0.504 e. The first-order valence-electron chi connectivity index (χ1n) is 15.6. The monoisotopic (exact) mass is 623 g/mol. The topological polar surface area (TPSA) is 169 Å². The molecule has 2 fully saturated rings. The average Bonchev–Trinajstić information content (AvgIpc) is 3.02. The molecule has 6 unspecified atom stereocenters. The number of nitrogens with zero attached hydrogens (tertiary/aromatic N) is 1. The maximum atomic E-state index is 11.0. The molecular formula is C34H45N3O8. The molecule has 6 atom stereocenters. The van der Waals surface area contributed by atoms with Crippen LogP contribution in [0.5, 0.6) is 28.7 Å². The van der Waals surface area contributed by atoms with E-state index in [1.54, 1.807) is 30.5 Å². The number of hydrogen-bond acceptors (Lipinski definition) is 11. The number of aliphatic hydroxyl groups is 2. The summed E-state index contributed by atoms with van der Waals surface area (Å²) in [5.41, 5.74) is 8.71. The van der Waals surface area contributed by atoms with Crippen molar-refractivity contribution in [1.82, 2.24) is 10.3 Å². The van der Waals surface area contributed by atoms with E-state index in [-0.39, 0.29) is 35.1 Å². The van der Waals surface area contributed by atoms with Crippen molar-refractivity contribution in [3.05, 3.63) is 65.4 Å². The van der Waals surface area contributed by atoms with E-state index in [9.17, 15) is 15.3 Å². The molecule has 244 valence electrons. The van der Waals surface area contributed by atoms with Gasteiger partial charge in [-0.25, -0.2) is 4.98 Å². The molecule has 0 amide bonds. The third-order valence-corrected chi connectivity index (χ3v) is 8.83. The summed E-state index contributed by atoms with van der Waals surface area (Å²) >= 11 is 0. The van der Waals surface area contributed by atoms with Crippen LogP contribution in [0.15, 0.2) is 48.7 Å². The smallest absolute Gasteiger partial charge is 0.200 e. The Labute approximate surface area is 263 Å². The van der Waals surface area contributed by atoms with Crippen LogP contribution < -0.4 is 25.3 Å². The van der Waals surface area contributed by atoms with E-state index in [2.05, 4.69) is 17.2 Å². The van der Waals surface area contributed by atoms with Crippen molar-refractivity contribution in [2.45, 2.75) is 82.3 Å². The number of ether oxygens (including phenoxy) is 4. The van der Waals surface area contributed by atoms with Crippen molar-refractivity contribution in [2.24, 2.45) is 5.92 Å². The number of rotatable bonds is 12. The zero-order valence-electron chi connectivity index (χ0n) is 25.9. The van der Waals surface area contributed by atoms with E-state index in [1.807, 2.05) is 12.1 Å². The second-order valence-electron chi connectivity index (χ2n) is 12.2. The van der Waals surface area contributed by atoms with Gasteiger partial charge in [-0.2, -0.15) is 0 Å². The lowest BCUT2D eigenvalue weighted by Gasteiger charge is -2.36. The Morgan fingerprint density at radius 3 is 2.60 bits per heavy atom. The second-order valence-corrected chi connectivity index (χ2v) is 12.2. The zero-order valence-corrected chi connectivity index (χ0v) is 25.9. The molecule has 45 heavy (non-hydrogen) atoms. The number of piperidine rings is 1. The fraction of sp³-hybridized carbons (Fsp3) is 0.500. The Kier molecular flexibility index (Phi) is 10.9. The molecular weight excluding hydrogens is 578 g/mol. The minimum Gasteiger partial charge on any atom is -0.504 e. The number of phenolic OH excluding ortho intramolecular Hbond substituents is 2. The number of aryl methyl sites for hydroxylation is 1. The molecule has 2 aliphatic heterocycles. The number of pyridine rings is 1. The van der Waals surface area contributed by atoms with Crippen molar-refractivity contribution in [3.63, 3.8) is 0 Å². The molecule has 3 aromatic rings. The number of methoxy groups -OCH3 is 1. The van der Waals surface area contributed by atoms with Gasteiger partial charge < -0.3 is 50.4 Å². The van der Waals surface area contributed by atoms with Gasteiger partial charge in [-0.15, -0.1) is 0 Å². The van der Waals surface area contributed by atoms with Gasteiger partial charge in [0.05, 0.1) is 25.4 Å². The van der Waals surface area contributed by atoms with Gasteiger partial charge in [0.15, 0.2) is 29.8 Å². The fourth-order valence-corrected chi connectivity index (χ4v) is 6.45. The lowest BCUT2D eigenvalue weighted by atomic mass is 9.84. The minimum absolute atomic E-state index is 0.0419. The first-order chi connectivity index (χ1) is 21.7. The van der Waals surface area contributed by atoms with Gasteiger partial charge in [0.2, 0.25) is 5.75 Å². The number of hydrogen-bond donors (Lipinski definition) is 6. The molecule has 7 N–H and O–H groups in total. The van der Waals surface area contributed by atoms with Gasteiger partial charge in [0, 0.05) is 24.7 Å². The van der Waals surface area contributed by atoms with E-state index in [0.29, 0.717) is 55.8 Å². The highest BCUT2D eigenvalue weighted by atomic mass is 16.6. The molecule has 2 aliphatic rings.